The van der Waals surface area contributed by atoms with E-state index < -0.39 is 0 Å². The van der Waals surface area contributed by atoms with Gasteiger partial charge in [-0.3, -0.25) is 0 Å². The molecule has 2 unspecified atom stereocenters. The van der Waals surface area contributed by atoms with Crippen LogP contribution in [0.3, 0.4) is 0 Å². The van der Waals surface area contributed by atoms with E-state index in [-0.39, 0.29) is 0 Å². The van der Waals surface area contributed by atoms with Crippen molar-refractivity contribution in [3.05, 3.63) is 0 Å². The number of hydrogen-bond donors (Lipinski definition) is 1. The lowest BCUT2D eigenvalue weighted by atomic mass is 9.92. The van der Waals surface area contributed by atoms with Crippen molar-refractivity contribution < 1.29 is 0 Å². The summed E-state index contributed by atoms with van der Waals surface area (Å²) in [7, 11) is 0. The van der Waals surface area contributed by atoms with E-state index in [2.05, 4.69) is 25.7 Å². The summed E-state index contributed by atoms with van der Waals surface area (Å²) in [5.41, 5.74) is 5.74. The normalized spacial score (nSPS) is 23.2. The van der Waals surface area contributed by atoms with Crippen LogP contribution in [0.1, 0.15) is 52.9 Å². The highest BCUT2D eigenvalue weighted by Gasteiger charge is 2.24. The lowest BCUT2D eigenvalue weighted by Crippen LogP contribution is -2.43. The molecule has 1 aliphatic rings. The van der Waals surface area contributed by atoms with Crippen molar-refractivity contribution in [1.82, 2.24) is 4.90 Å². The van der Waals surface area contributed by atoms with Crippen LogP contribution in [0.15, 0.2) is 0 Å². The van der Waals surface area contributed by atoms with Crippen molar-refractivity contribution in [3.63, 3.8) is 0 Å². The van der Waals surface area contributed by atoms with Gasteiger partial charge in [0.25, 0.3) is 0 Å². The van der Waals surface area contributed by atoms with Gasteiger partial charge < -0.3 is 10.6 Å². The number of nitrogens with two attached hydrogens (primary N) is 1. The quantitative estimate of drug-likeness (QED) is 0.754. The summed E-state index contributed by atoms with van der Waals surface area (Å²) < 4.78 is 0. The van der Waals surface area contributed by atoms with Gasteiger partial charge in [0.1, 0.15) is 0 Å². The minimum Gasteiger partial charge on any atom is -0.330 e. The summed E-state index contributed by atoms with van der Waals surface area (Å²) in [6.45, 7) is 10.5. The molecule has 0 saturated carbocycles. The summed E-state index contributed by atoms with van der Waals surface area (Å²) in [4.78, 5) is 2.71. The molecule has 1 heterocycles. The molecule has 1 aliphatic heterocycles. The van der Waals surface area contributed by atoms with Crippen LogP contribution in [0, 0.1) is 11.8 Å². The molecule has 0 aromatic carbocycles. The van der Waals surface area contributed by atoms with E-state index >= 15 is 0 Å². The van der Waals surface area contributed by atoms with E-state index in [4.69, 9.17) is 5.73 Å². The third-order valence-corrected chi connectivity index (χ3v) is 4.34. The summed E-state index contributed by atoms with van der Waals surface area (Å²) in [5, 5.41) is 0. The van der Waals surface area contributed by atoms with Crippen LogP contribution in [0.25, 0.3) is 0 Å². The fourth-order valence-corrected chi connectivity index (χ4v) is 2.76. The highest BCUT2D eigenvalue weighted by molar-refractivity contribution is 4.79. The maximum absolute atomic E-state index is 5.74. The number of piperidine rings is 1. The Balaban J connectivity index is 2.36. The molecule has 0 spiro atoms. The molecule has 2 atom stereocenters. The van der Waals surface area contributed by atoms with E-state index in [9.17, 15) is 0 Å². The van der Waals surface area contributed by atoms with Crippen molar-refractivity contribution in [2.45, 2.75) is 58.9 Å². The van der Waals surface area contributed by atoms with Gasteiger partial charge in [-0.05, 0) is 57.2 Å². The van der Waals surface area contributed by atoms with Crippen LogP contribution >= 0.6 is 0 Å². The van der Waals surface area contributed by atoms with Gasteiger partial charge in [-0.2, -0.15) is 0 Å². The zero-order valence-corrected chi connectivity index (χ0v) is 11.4. The lowest BCUT2D eigenvalue weighted by molar-refractivity contribution is 0.115. The van der Waals surface area contributed by atoms with Gasteiger partial charge in [-0.15, -0.1) is 0 Å². The lowest BCUT2D eigenvalue weighted by Gasteiger charge is -2.38. The first-order valence-electron chi connectivity index (χ1n) is 7.15. The summed E-state index contributed by atoms with van der Waals surface area (Å²) in [5.74, 6) is 1.66. The van der Waals surface area contributed by atoms with Gasteiger partial charge in [0.2, 0.25) is 0 Å². The van der Waals surface area contributed by atoms with Crippen molar-refractivity contribution in [2.24, 2.45) is 17.6 Å². The summed E-state index contributed by atoms with van der Waals surface area (Å²) in [6, 6.07) is 0.814. The average molecular weight is 226 g/mol. The number of hydrogen-bond acceptors (Lipinski definition) is 2. The second-order valence-corrected chi connectivity index (χ2v) is 5.53. The minimum absolute atomic E-state index is 0.789. The van der Waals surface area contributed by atoms with Crippen LogP contribution in [0.4, 0.5) is 0 Å². The molecule has 0 bridgehead atoms. The number of nitrogens with zero attached hydrogens (tertiary/aromatic N) is 1. The van der Waals surface area contributed by atoms with Gasteiger partial charge in [-0.1, -0.05) is 27.2 Å². The molecule has 0 amide bonds. The smallest absolute Gasteiger partial charge is 0.00951 e. The maximum Gasteiger partial charge on any atom is 0.00951 e. The molecule has 1 rings (SSSR count). The topological polar surface area (TPSA) is 29.3 Å². The van der Waals surface area contributed by atoms with Crippen molar-refractivity contribution in [3.8, 4) is 0 Å². The molecule has 2 N–H and O–H groups in total. The molecule has 16 heavy (non-hydrogen) atoms. The highest BCUT2D eigenvalue weighted by Crippen LogP contribution is 2.23. The minimum atomic E-state index is 0.789. The van der Waals surface area contributed by atoms with E-state index in [1.807, 2.05) is 0 Å². The Kier molecular flexibility index (Phi) is 6.37. The zero-order valence-electron chi connectivity index (χ0n) is 11.4. The fraction of sp³-hybridized carbons (Fsp3) is 1.00. The molecule has 0 radical (unpaired) electrons. The molecule has 0 aliphatic carbocycles. The zero-order chi connectivity index (χ0) is 12.0. The third kappa shape index (κ3) is 4.06. The molecule has 96 valence electrons. The first kappa shape index (κ1) is 14.0. The van der Waals surface area contributed by atoms with Crippen molar-refractivity contribution in [2.75, 3.05) is 19.6 Å². The molecule has 2 heteroatoms. The molecule has 1 saturated heterocycles. The Morgan fingerprint density at radius 1 is 1.19 bits per heavy atom. The maximum atomic E-state index is 5.74. The Hall–Kier alpha value is -0.0800. The van der Waals surface area contributed by atoms with E-state index in [1.165, 1.54) is 45.2 Å². The fourth-order valence-electron chi connectivity index (χ4n) is 2.76. The molecule has 0 aromatic heterocycles. The van der Waals surface area contributed by atoms with E-state index in [0.717, 1.165) is 24.4 Å². The van der Waals surface area contributed by atoms with Gasteiger partial charge in [0, 0.05) is 6.04 Å². The number of likely N-dealkylation sites (tertiary alicyclic amines) is 1. The first-order chi connectivity index (χ1) is 7.71. The Bertz CT molecular complexity index is 174. The van der Waals surface area contributed by atoms with Gasteiger partial charge >= 0.3 is 0 Å². The van der Waals surface area contributed by atoms with Gasteiger partial charge in [-0.25, -0.2) is 0 Å². The second-order valence-electron chi connectivity index (χ2n) is 5.53. The van der Waals surface area contributed by atoms with Crippen LogP contribution in [0.2, 0.25) is 0 Å². The Morgan fingerprint density at radius 3 is 2.25 bits per heavy atom. The largest absolute Gasteiger partial charge is 0.330 e. The molecule has 1 fully saturated rings. The monoisotopic (exact) mass is 226 g/mol. The third-order valence-electron chi connectivity index (χ3n) is 4.34. The van der Waals surface area contributed by atoms with Crippen LogP contribution in [-0.4, -0.2) is 30.6 Å². The van der Waals surface area contributed by atoms with E-state index in [0.29, 0.717) is 0 Å². The Labute approximate surface area is 102 Å². The SMILES string of the molecule is CCC(C)CC(CC)N1CCC(CN)CC1. The summed E-state index contributed by atoms with van der Waals surface area (Å²) >= 11 is 0. The van der Waals surface area contributed by atoms with E-state index in [1.54, 1.807) is 0 Å². The predicted molar refractivity (Wildman–Crippen MR) is 71.5 cm³/mol. The van der Waals surface area contributed by atoms with Crippen LogP contribution in [-0.2, 0) is 0 Å². The molecule has 0 aromatic rings. The van der Waals surface area contributed by atoms with Gasteiger partial charge in [0.05, 0.1) is 0 Å². The standard InChI is InChI=1S/C14H30N2/c1-4-12(3)10-14(5-2)16-8-6-13(11-15)7-9-16/h12-14H,4-11,15H2,1-3H3. The van der Waals surface area contributed by atoms with Gasteiger partial charge in [0.15, 0.2) is 0 Å². The van der Waals surface area contributed by atoms with Crippen LogP contribution < -0.4 is 5.73 Å². The first-order valence-corrected chi connectivity index (χ1v) is 7.15. The van der Waals surface area contributed by atoms with Crippen LogP contribution in [0.5, 0.6) is 0 Å². The molecular formula is C14H30N2. The second kappa shape index (κ2) is 7.29. The number of rotatable bonds is 6. The van der Waals surface area contributed by atoms with Crippen molar-refractivity contribution >= 4 is 0 Å². The highest BCUT2D eigenvalue weighted by atomic mass is 15.2. The summed E-state index contributed by atoms with van der Waals surface area (Å²) in [6.07, 6.45) is 6.62. The Morgan fingerprint density at radius 2 is 1.81 bits per heavy atom. The molecule has 2 nitrogen and oxygen atoms in total. The van der Waals surface area contributed by atoms with Crippen molar-refractivity contribution in [1.29, 1.82) is 0 Å². The molecular weight excluding hydrogens is 196 g/mol. The average Bonchev–Trinajstić information content (AvgIpc) is 2.35. The predicted octanol–water partition coefficient (Wildman–Crippen LogP) is 2.87.